The van der Waals surface area contributed by atoms with Gasteiger partial charge in [-0.15, -0.1) is 10.2 Å². The van der Waals surface area contributed by atoms with Gasteiger partial charge in [0, 0.05) is 6.42 Å². The van der Waals surface area contributed by atoms with Crippen molar-refractivity contribution in [2.45, 2.75) is 32.3 Å². The second kappa shape index (κ2) is 10.4. The van der Waals surface area contributed by atoms with Crippen molar-refractivity contribution >= 4 is 22.4 Å². The van der Waals surface area contributed by atoms with Crippen LogP contribution in [0.4, 0.5) is 5.13 Å². The molecule has 1 amide bonds. The molecule has 3 rings (SSSR count). The zero-order chi connectivity index (χ0) is 19.6. The first-order valence-electron chi connectivity index (χ1n) is 9.27. The summed E-state index contributed by atoms with van der Waals surface area (Å²) in [7, 11) is 0. The van der Waals surface area contributed by atoms with E-state index in [1.165, 1.54) is 11.3 Å². The normalized spacial score (nSPS) is 11.6. The standard InChI is InChI=1S/C21H23N3O3S/c1-2-18(27-17-12-7-4-8-13-17)20(25)22-21-24-23-19(28-21)14-9-15-26-16-10-5-3-6-11-16/h3-8,10-13,18H,2,9,14-15H2,1H3,(H,22,24,25). The molecular formula is C21H23N3O3S. The number of hydrogen-bond acceptors (Lipinski definition) is 6. The van der Waals surface area contributed by atoms with Gasteiger partial charge in [0.05, 0.1) is 6.61 Å². The first-order valence-corrected chi connectivity index (χ1v) is 10.1. The Kier molecular flexibility index (Phi) is 7.37. The van der Waals surface area contributed by atoms with E-state index in [1.54, 1.807) is 0 Å². The molecule has 0 bridgehead atoms. The Labute approximate surface area is 168 Å². The SMILES string of the molecule is CCC(Oc1ccccc1)C(=O)Nc1nnc(CCCOc2ccccc2)s1. The van der Waals surface area contributed by atoms with Crippen molar-refractivity contribution in [2.75, 3.05) is 11.9 Å². The smallest absolute Gasteiger partial charge is 0.267 e. The number of nitrogens with zero attached hydrogens (tertiary/aromatic N) is 2. The molecule has 7 heteroatoms. The summed E-state index contributed by atoms with van der Waals surface area (Å²) in [6, 6.07) is 19.0. The number of aromatic nitrogens is 2. The molecule has 28 heavy (non-hydrogen) atoms. The molecule has 146 valence electrons. The predicted octanol–water partition coefficient (Wildman–Crippen LogP) is 4.35. The van der Waals surface area contributed by atoms with Crippen molar-refractivity contribution in [3.8, 4) is 11.5 Å². The highest BCUT2D eigenvalue weighted by molar-refractivity contribution is 7.15. The maximum Gasteiger partial charge on any atom is 0.267 e. The van der Waals surface area contributed by atoms with Crippen molar-refractivity contribution in [3.05, 3.63) is 65.7 Å². The lowest BCUT2D eigenvalue weighted by molar-refractivity contribution is -0.122. The number of aryl methyl sites for hydroxylation is 1. The largest absolute Gasteiger partial charge is 0.494 e. The Morgan fingerprint density at radius 2 is 1.71 bits per heavy atom. The summed E-state index contributed by atoms with van der Waals surface area (Å²) in [4.78, 5) is 12.5. The average Bonchev–Trinajstić information content (AvgIpc) is 3.18. The van der Waals surface area contributed by atoms with E-state index in [4.69, 9.17) is 9.47 Å². The molecule has 0 radical (unpaired) electrons. The van der Waals surface area contributed by atoms with Gasteiger partial charge in [0.1, 0.15) is 16.5 Å². The van der Waals surface area contributed by atoms with Crippen molar-refractivity contribution < 1.29 is 14.3 Å². The minimum absolute atomic E-state index is 0.221. The van der Waals surface area contributed by atoms with E-state index in [1.807, 2.05) is 67.6 Å². The van der Waals surface area contributed by atoms with Gasteiger partial charge in [0.2, 0.25) is 5.13 Å². The number of hydrogen-bond donors (Lipinski definition) is 1. The van der Waals surface area contributed by atoms with E-state index in [0.29, 0.717) is 23.9 Å². The third-order valence-electron chi connectivity index (χ3n) is 3.93. The Morgan fingerprint density at radius 1 is 1.04 bits per heavy atom. The summed E-state index contributed by atoms with van der Waals surface area (Å²) >= 11 is 1.38. The second-order valence-electron chi connectivity index (χ2n) is 6.08. The van der Waals surface area contributed by atoms with Gasteiger partial charge < -0.3 is 9.47 Å². The molecule has 0 saturated heterocycles. The van der Waals surface area contributed by atoms with Crippen molar-refractivity contribution in [1.29, 1.82) is 0 Å². The fourth-order valence-electron chi connectivity index (χ4n) is 2.51. The summed E-state index contributed by atoms with van der Waals surface area (Å²) in [5, 5.41) is 12.3. The number of rotatable bonds is 10. The van der Waals surface area contributed by atoms with Gasteiger partial charge in [-0.3, -0.25) is 10.1 Å². The van der Waals surface area contributed by atoms with Crippen molar-refractivity contribution in [2.24, 2.45) is 0 Å². The van der Waals surface area contributed by atoms with Gasteiger partial charge in [-0.05, 0) is 37.1 Å². The Morgan fingerprint density at radius 3 is 2.39 bits per heavy atom. The minimum Gasteiger partial charge on any atom is -0.494 e. The van der Waals surface area contributed by atoms with E-state index in [0.717, 1.165) is 23.6 Å². The maximum absolute atomic E-state index is 12.5. The number of nitrogens with one attached hydrogen (secondary N) is 1. The van der Waals surface area contributed by atoms with E-state index in [9.17, 15) is 4.79 Å². The zero-order valence-electron chi connectivity index (χ0n) is 15.7. The fourth-order valence-corrected chi connectivity index (χ4v) is 3.29. The van der Waals surface area contributed by atoms with Crippen LogP contribution >= 0.6 is 11.3 Å². The van der Waals surface area contributed by atoms with Gasteiger partial charge >= 0.3 is 0 Å². The van der Waals surface area contributed by atoms with Crippen LogP contribution in [-0.2, 0) is 11.2 Å². The molecule has 1 heterocycles. The fraction of sp³-hybridized carbons (Fsp3) is 0.286. The van der Waals surface area contributed by atoms with Gasteiger partial charge in [0.15, 0.2) is 6.10 Å². The molecule has 1 unspecified atom stereocenters. The average molecular weight is 398 g/mol. The molecule has 0 aliphatic rings. The highest BCUT2D eigenvalue weighted by Gasteiger charge is 2.20. The molecule has 0 spiro atoms. The number of carbonyl (C=O) groups is 1. The van der Waals surface area contributed by atoms with Gasteiger partial charge in [-0.1, -0.05) is 54.7 Å². The third kappa shape index (κ3) is 6.06. The molecule has 0 aliphatic carbocycles. The molecule has 0 fully saturated rings. The van der Waals surface area contributed by atoms with Crippen LogP contribution < -0.4 is 14.8 Å². The highest BCUT2D eigenvalue weighted by atomic mass is 32.1. The van der Waals surface area contributed by atoms with Gasteiger partial charge in [-0.2, -0.15) is 0 Å². The van der Waals surface area contributed by atoms with Crippen LogP contribution in [0.3, 0.4) is 0 Å². The lowest BCUT2D eigenvalue weighted by Crippen LogP contribution is -2.32. The van der Waals surface area contributed by atoms with Crippen LogP contribution in [0.1, 0.15) is 24.8 Å². The maximum atomic E-state index is 12.5. The molecule has 0 aliphatic heterocycles. The van der Waals surface area contributed by atoms with Crippen molar-refractivity contribution in [3.63, 3.8) is 0 Å². The topological polar surface area (TPSA) is 73.3 Å². The number of ether oxygens (including phenoxy) is 2. The van der Waals surface area contributed by atoms with E-state index in [2.05, 4.69) is 15.5 Å². The summed E-state index contributed by atoms with van der Waals surface area (Å²) in [5.41, 5.74) is 0. The summed E-state index contributed by atoms with van der Waals surface area (Å²) in [6.45, 7) is 2.51. The van der Waals surface area contributed by atoms with Crippen LogP contribution in [-0.4, -0.2) is 28.8 Å². The lowest BCUT2D eigenvalue weighted by atomic mass is 10.2. The van der Waals surface area contributed by atoms with Gasteiger partial charge in [-0.25, -0.2) is 0 Å². The zero-order valence-corrected chi connectivity index (χ0v) is 16.5. The molecule has 6 nitrogen and oxygen atoms in total. The number of para-hydroxylation sites is 2. The monoisotopic (exact) mass is 397 g/mol. The summed E-state index contributed by atoms with van der Waals surface area (Å²) < 4.78 is 11.4. The molecule has 2 aromatic carbocycles. The molecular weight excluding hydrogens is 374 g/mol. The Bertz CT molecular complexity index is 856. The van der Waals surface area contributed by atoms with Crippen LogP contribution in [0.15, 0.2) is 60.7 Å². The molecule has 1 aromatic heterocycles. The Balaban J connectivity index is 1.44. The second-order valence-corrected chi connectivity index (χ2v) is 7.15. The van der Waals surface area contributed by atoms with E-state index < -0.39 is 6.10 Å². The lowest BCUT2D eigenvalue weighted by Gasteiger charge is -2.16. The van der Waals surface area contributed by atoms with E-state index in [-0.39, 0.29) is 5.91 Å². The number of carbonyl (C=O) groups excluding carboxylic acids is 1. The van der Waals surface area contributed by atoms with Crippen molar-refractivity contribution in [1.82, 2.24) is 10.2 Å². The predicted molar refractivity (Wildman–Crippen MR) is 110 cm³/mol. The molecule has 1 atom stereocenters. The minimum atomic E-state index is -0.575. The first-order chi connectivity index (χ1) is 13.7. The summed E-state index contributed by atoms with van der Waals surface area (Å²) in [5.74, 6) is 1.30. The summed E-state index contributed by atoms with van der Waals surface area (Å²) in [6.07, 6.45) is 1.56. The van der Waals surface area contributed by atoms with Crippen LogP contribution in [0.25, 0.3) is 0 Å². The van der Waals surface area contributed by atoms with Crippen LogP contribution in [0, 0.1) is 0 Å². The first kappa shape index (κ1) is 19.8. The third-order valence-corrected chi connectivity index (χ3v) is 4.83. The highest BCUT2D eigenvalue weighted by Crippen LogP contribution is 2.19. The number of benzene rings is 2. The van der Waals surface area contributed by atoms with Gasteiger partial charge in [0.25, 0.3) is 5.91 Å². The molecule has 3 aromatic rings. The molecule has 0 saturated carbocycles. The van der Waals surface area contributed by atoms with Crippen LogP contribution in [0.5, 0.6) is 11.5 Å². The Hall–Kier alpha value is -2.93. The number of amides is 1. The quantitative estimate of drug-likeness (QED) is 0.515. The van der Waals surface area contributed by atoms with Crippen LogP contribution in [0.2, 0.25) is 0 Å². The molecule has 1 N–H and O–H groups in total. The van der Waals surface area contributed by atoms with E-state index >= 15 is 0 Å². The number of anilines is 1.